The highest BCUT2D eigenvalue weighted by molar-refractivity contribution is 6.00. The number of carbonyl (C=O) groups excluding carboxylic acids is 2. The third-order valence-corrected chi connectivity index (χ3v) is 4.83. The van der Waals surface area contributed by atoms with Gasteiger partial charge in [-0.1, -0.05) is 31.0 Å². The van der Waals surface area contributed by atoms with E-state index in [1.54, 1.807) is 11.8 Å². The van der Waals surface area contributed by atoms with Crippen LogP contribution in [0.5, 0.6) is 0 Å². The molecule has 1 heterocycles. The molecule has 1 aliphatic rings. The van der Waals surface area contributed by atoms with E-state index in [0.717, 1.165) is 50.0 Å². The van der Waals surface area contributed by atoms with Crippen molar-refractivity contribution < 1.29 is 14.3 Å². The van der Waals surface area contributed by atoms with Gasteiger partial charge in [0.05, 0.1) is 0 Å². The average molecular weight is 360 g/mol. The molecule has 0 spiro atoms. The van der Waals surface area contributed by atoms with E-state index in [4.69, 9.17) is 4.74 Å². The lowest BCUT2D eigenvalue weighted by atomic mass is 10.1. The van der Waals surface area contributed by atoms with Crippen LogP contribution in [0, 0.1) is 6.92 Å². The molecule has 5 heteroatoms. The minimum absolute atomic E-state index is 0.0133. The largest absolute Gasteiger partial charge is 0.369 e. The van der Waals surface area contributed by atoms with Crippen molar-refractivity contribution in [3.05, 3.63) is 29.8 Å². The summed E-state index contributed by atoms with van der Waals surface area (Å²) in [6.07, 6.45) is 4.65. The van der Waals surface area contributed by atoms with Gasteiger partial charge in [0, 0.05) is 25.4 Å². The maximum Gasteiger partial charge on any atom is 0.256 e. The van der Waals surface area contributed by atoms with E-state index < -0.39 is 6.10 Å². The predicted octanol–water partition coefficient (Wildman–Crippen LogP) is 3.55. The third kappa shape index (κ3) is 5.84. The number of hydrogen-bond acceptors (Lipinski definition) is 3. The number of nitrogens with zero attached hydrogens (tertiary/aromatic N) is 2. The van der Waals surface area contributed by atoms with Gasteiger partial charge in [-0.05, 0) is 51.7 Å². The number of hydrogen-bond donors (Lipinski definition) is 0. The first kappa shape index (κ1) is 20.4. The quantitative estimate of drug-likeness (QED) is 0.666. The molecular weight excluding hydrogens is 328 g/mol. The fourth-order valence-electron chi connectivity index (χ4n) is 3.09. The number of benzene rings is 1. The summed E-state index contributed by atoms with van der Waals surface area (Å²) in [7, 11) is 0. The molecule has 1 unspecified atom stereocenters. The van der Waals surface area contributed by atoms with Crippen LogP contribution in [0.15, 0.2) is 24.3 Å². The lowest BCUT2D eigenvalue weighted by Crippen LogP contribution is -2.47. The molecule has 0 aliphatic carbocycles. The van der Waals surface area contributed by atoms with Crippen LogP contribution in [0.2, 0.25) is 0 Å². The molecule has 144 valence electrons. The minimum Gasteiger partial charge on any atom is -0.369 e. The maximum atomic E-state index is 13.0. The van der Waals surface area contributed by atoms with Crippen LogP contribution in [0.1, 0.15) is 51.5 Å². The van der Waals surface area contributed by atoms with Gasteiger partial charge in [0.25, 0.3) is 5.91 Å². The van der Waals surface area contributed by atoms with Gasteiger partial charge in [-0.25, -0.2) is 0 Å². The van der Waals surface area contributed by atoms with Crippen molar-refractivity contribution in [3.63, 3.8) is 0 Å². The molecule has 0 bridgehead atoms. The summed E-state index contributed by atoms with van der Waals surface area (Å²) in [5, 5.41) is 0. The Labute approximate surface area is 157 Å². The van der Waals surface area contributed by atoms with Gasteiger partial charge in [-0.2, -0.15) is 0 Å². The molecule has 2 rings (SSSR count). The molecule has 1 aliphatic heterocycles. The molecule has 0 aromatic heterocycles. The summed E-state index contributed by atoms with van der Waals surface area (Å²) in [6.45, 7) is 8.07. The summed E-state index contributed by atoms with van der Waals surface area (Å²) in [5.41, 5.74) is 1.87. The van der Waals surface area contributed by atoms with E-state index in [9.17, 15) is 9.59 Å². The molecule has 2 amide bonds. The number of likely N-dealkylation sites (tertiary alicyclic amines) is 1. The number of anilines is 1. The smallest absolute Gasteiger partial charge is 0.256 e. The molecule has 1 fully saturated rings. The first-order chi connectivity index (χ1) is 12.5. The molecule has 5 nitrogen and oxygen atoms in total. The molecule has 26 heavy (non-hydrogen) atoms. The van der Waals surface area contributed by atoms with Crippen LogP contribution in [0.25, 0.3) is 0 Å². The van der Waals surface area contributed by atoms with Crippen LogP contribution < -0.4 is 4.90 Å². The van der Waals surface area contributed by atoms with Crippen LogP contribution in [0.3, 0.4) is 0 Å². The zero-order chi connectivity index (χ0) is 18.9. The van der Waals surface area contributed by atoms with Crippen molar-refractivity contribution in [2.75, 3.05) is 31.1 Å². The maximum absolute atomic E-state index is 13.0. The van der Waals surface area contributed by atoms with Crippen LogP contribution in [-0.4, -0.2) is 49.1 Å². The number of aryl methyl sites for hydroxylation is 1. The molecule has 0 saturated carbocycles. The Balaban J connectivity index is 2.11. The van der Waals surface area contributed by atoms with E-state index in [1.807, 2.05) is 36.1 Å². The standard InChI is InChI=1S/C21H32N2O3/c1-4-5-15-26-18(3)21(25)23(19-11-9-17(2)10-12-19)16-20(24)22-13-7-6-8-14-22/h9-12,18H,4-8,13-16H2,1-3H3. The lowest BCUT2D eigenvalue weighted by molar-refractivity contribution is -0.134. The number of carbonyl (C=O) groups is 2. The first-order valence-corrected chi connectivity index (χ1v) is 9.80. The Bertz CT molecular complexity index is 579. The van der Waals surface area contributed by atoms with Gasteiger partial charge in [-0.3, -0.25) is 9.59 Å². The van der Waals surface area contributed by atoms with Gasteiger partial charge in [0.2, 0.25) is 5.91 Å². The number of unbranched alkanes of at least 4 members (excludes halogenated alkanes) is 1. The lowest BCUT2D eigenvalue weighted by Gasteiger charge is -2.31. The highest BCUT2D eigenvalue weighted by Crippen LogP contribution is 2.18. The van der Waals surface area contributed by atoms with Gasteiger partial charge in [0.1, 0.15) is 12.6 Å². The highest BCUT2D eigenvalue weighted by Gasteiger charge is 2.27. The van der Waals surface area contributed by atoms with Gasteiger partial charge in [0.15, 0.2) is 0 Å². The topological polar surface area (TPSA) is 49.9 Å². The van der Waals surface area contributed by atoms with Gasteiger partial charge < -0.3 is 14.5 Å². The average Bonchev–Trinajstić information content (AvgIpc) is 2.67. The number of ether oxygens (including phenoxy) is 1. The molecule has 1 saturated heterocycles. The molecule has 1 atom stereocenters. The van der Waals surface area contributed by atoms with Gasteiger partial charge in [-0.15, -0.1) is 0 Å². The third-order valence-electron chi connectivity index (χ3n) is 4.83. The molecule has 1 aromatic carbocycles. The Hall–Kier alpha value is -1.88. The summed E-state index contributed by atoms with van der Waals surface area (Å²) in [6, 6.07) is 7.72. The minimum atomic E-state index is -0.558. The molecule has 1 aromatic rings. The zero-order valence-electron chi connectivity index (χ0n) is 16.4. The highest BCUT2D eigenvalue weighted by atomic mass is 16.5. The van der Waals surface area contributed by atoms with Crippen molar-refractivity contribution in [1.82, 2.24) is 4.90 Å². The second-order valence-electron chi connectivity index (χ2n) is 7.07. The molecular formula is C21H32N2O3. The monoisotopic (exact) mass is 360 g/mol. The van der Waals surface area contributed by atoms with Crippen molar-refractivity contribution in [2.24, 2.45) is 0 Å². The van der Waals surface area contributed by atoms with Gasteiger partial charge >= 0.3 is 0 Å². The van der Waals surface area contributed by atoms with E-state index in [-0.39, 0.29) is 18.4 Å². The van der Waals surface area contributed by atoms with Crippen molar-refractivity contribution in [2.45, 2.75) is 59.0 Å². The van der Waals surface area contributed by atoms with E-state index in [1.165, 1.54) is 6.42 Å². The summed E-state index contributed by atoms with van der Waals surface area (Å²) in [4.78, 5) is 29.2. The van der Waals surface area contributed by atoms with E-state index in [2.05, 4.69) is 6.92 Å². The van der Waals surface area contributed by atoms with E-state index >= 15 is 0 Å². The van der Waals surface area contributed by atoms with Crippen LogP contribution in [-0.2, 0) is 14.3 Å². The van der Waals surface area contributed by atoms with Crippen molar-refractivity contribution in [1.29, 1.82) is 0 Å². The summed E-state index contributed by atoms with van der Waals surface area (Å²) in [5.74, 6) is -0.144. The normalized spacial score (nSPS) is 15.6. The zero-order valence-corrected chi connectivity index (χ0v) is 16.4. The van der Waals surface area contributed by atoms with E-state index in [0.29, 0.717) is 6.61 Å². The number of rotatable bonds is 8. The summed E-state index contributed by atoms with van der Waals surface area (Å²) >= 11 is 0. The SMILES string of the molecule is CCCCOC(C)C(=O)N(CC(=O)N1CCCCC1)c1ccc(C)cc1. The fourth-order valence-corrected chi connectivity index (χ4v) is 3.09. The Morgan fingerprint density at radius 3 is 2.42 bits per heavy atom. The Morgan fingerprint density at radius 2 is 1.81 bits per heavy atom. The van der Waals surface area contributed by atoms with Crippen LogP contribution >= 0.6 is 0 Å². The molecule has 0 N–H and O–H groups in total. The van der Waals surface area contributed by atoms with Crippen LogP contribution in [0.4, 0.5) is 5.69 Å². The fraction of sp³-hybridized carbons (Fsp3) is 0.619. The Kier molecular flexibility index (Phi) is 8.10. The number of piperidine rings is 1. The van der Waals surface area contributed by atoms with Crippen molar-refractivity contribution in [3.8, 4) is 0 Å². The second-order valence-corrected chi connectivity index (χ2v) is 7.07. The number of amides is 2. The second kappa shape index (κ2) is 10.3. The first-order valence-electron chi connectivity index (χ1n) is 9.80. The Morgan fingerprint density at radius 1 is 1.15 bits per heavy atom. The van der Waals surface area contributed by atoms with Crippen molar-refractivity contribution >= 4 is 17.5 Å². The predicted molar refractivity (Wildman–Crippen MR) is 104 cm³/mol. The summed E-state index contributed by atoms with van der Waals surface area (Å²) < 4.78 is 5.68. The molecule has 0 radical (unpaired) electrons.